The molecule has 1 aliphatic heterocycles. The van der Waals surface area contributed by atoms with Crippen LogP contribution in [-0.4, -0.2) is 50.8 Å². The predicted molar refractivity (Wildman–Crippen MR) is 74.1 cm³/mol. The van der Waals surface area contributed by atoms with Gasteiger partial charge in [0.1, 0.15) is 6.04 Å². The summed E-state index contributed by atoms with van der Waals surface area (Å²) in [6.45, 7) is 2.03. The Morgan fingerprint density at radius 3 is 2.52 bits per heavy atom. The zero-order valence-electron chi connectivity index (χ0n) is 11.7. The van der Waals surface area contributed by atoms with E-state index in [2.05, 4.69) is 10.1 Å². The van der Waals surface area contributed by atoms with Crippen LogP contribution < -0.4 is 5.32 Å². The van der Waals surface area contributed by atoms with E-state index in [1.54, 1.807) is 0 Å². The Morgan fingerprint density at radius 1 is 1.33 bits per heavy atom. The van der Waals surface area contributed by atoms with Gasteiger partial charge in [0.05, 0.1) is 17.6 Å². The number of methoxy groups -OCH3 is 1. The first-order valence-corrected chi connectivity index (χ1v) is 7.80. The minimum Gasteiger partial charge on any atom is -0.465 e. The molecule has 21 heavy (non-hydrogen) atoms. The molecule has 1 aromatic rings. The molecule has 1 saturated heterocycles. The minimum absolute atomic E-state index is 0.0386. The minimum atomic E-state index is -3.77. The highest BCUT2D eigenvalue weighted by Crippen LogP contribution is 2.20. The Morgan fingerprint density at radius 2 is 1.95 bits per heavy atom. The molecule has 1 aliphatic rings. The number of carbonyl (C=O) groups excluding carboxylic acids is 2. The molecule has 1 unspecified atom stereocenters. The highest BCUT2D eigenvalue weighted by Gasteiger charge is 2.35. The second-order valence-corrected chi connectivity index (χ2v) is 6.49. The van der Waals surface area contributed by atoms with Crippen molar-refractivity contribution in [3.8, 4) is 0 Å². The Labute approximate surface area is 122 Å². The quantitative estimate of drug-likeness (QED) is 0.792. The van der Waals surface area contributed by atoms with Gasteiger partial charge in [-0.3, -0.25) is 4.79 Å². The average Bonchev–Trinajstić information content (AvgIpc) is 2.49. The molecule has 0 spiro atoms. The largest absolute Gasteiger partial charge is 0.465 e. The second kappa shape index (κ2) is 5.82. The van der Waals surface area contributed by atoms with E-state index in [4.69, 9.17) is 0 Å². The van der Waals surface area contributed by atoms with Gasteiger partial charge in [0.25, 0.3) is 0 Å². The molecule has 1 heterocycles. The number of benzene rings is 1. The van der Waals surface area contributed by atoms with Gasteiger partial charge >= 0.3 is 5.97 Å². The first kappa shape index (κ1) is 15.5. The number of hydrogen-bond acceptors (Lipinski definition) is 5. The Bertz CT molecular complexity index is 654. The number of sulfonamides is 1. The zero-order chi connectivity index (χ0) is 15.6. The third-order valence-electron chi connectivity index (χ3n) is 3.32. The molecule has 0 aromatic heterocycles. The van der Waals surface area contributed by atoms with E-state index >= 15 is 0 Å². The van der Waals surface area contributed by atoms with E-state index in [1.807, 2.05) is 0 Å². The lowest BCUT2D eigenvalue weighted by Crippen LogP contribution is -2.55. The van der Waals surface area contributed by atoms with E-state index < -0.39 is 22.0 Å². The van der Waals surface area contributed by atoms with Gasteiger partial charge in [-0.25, -0.2) is 13.2 Å². The van der Waals surface area contributed by atoms with Crippen molar-refractivity contribution in [3.63, 3.8) is 0 Å². The number of amides is 1. The molecule has 0 aliphatic carbocycles. The van der Waals surface area contributed by atoms with Gasteiger partial charge < -0.3 is 10.1 Å². The van der Waals surface area contributed by atoms with E-state index in [9.17, 15) is 18.0 Å². The molecule has 1 amide bonds. The Hall–Kier alpha value is -1.93. The lowest BCUT2D eigenvalue weighted by Gasteiger charge is -2.31. The fourth-order valence-electron chi connectivity index (χ4n) is 2.11. The summed E-state index contributed by atoms with van der Waals surface area (Å²) in [6.07, 6.45) is 0. The number of piperazine rings is 1. The topological polar surface area (TPSA) is 92.8 Å². The van der Waals surface area contributed by atoms with Crippen LogP contribution in [0.4, 0.5) is 0 Å². The normalized spacial score (nSPS) is 19.9. The first-order chi connectivity index (χ1) is 9.87. The van der Waals surface area contributed by atoms with Gasteiger partial charge in [0, 0.05) is 13.1 Å². The standard InChI is InChI=1S/C13H16N2O5S/c1-9-12(16)14-7-8-15(9)21(18,19)11-5-3-10(4-6-11)13(17)20-2/h3-6,9H,7-8H2,1-2H3,(H,14,16). The molecule has 1 aromatic carbocycles. The van der Waals surface area contributed by atoms with Crippen molar-refractivity contribution in [1.29, 1.82) is 0 Å². The van der Waals surface area contributed by atoms with Gasteiger partial charge in [0.2, 0.25) is 15.9 Å². The summed E-state index contributed by atoms with van der Waals surface area (Å²) in [5.41, 5.74) is 0.265. The molecule has 1 N–H and O–H groups in total. The molecule has 1 atom stereocenters. The van der Waals surface area contributed by atoms with E-state index in [-0.39, 0.29) is 29.5 Å². The van der Waals surface area contributed by atoms with Crippen LogP contribution in [0.25, 0.3) is 0 Å². The van der Waals surface area contributed by atoms with Crippen LogP contribution >= 0.6 is 0 Å². The summed E-state index contributed by atoms with van der Waals surface area (Å²) < 4.78 is 30.8. The van der Waals surface area contributed by atoms with Gasteiger partial charge in [-0.1, -0.05) is 0 Å². The maximum Gasteiger partial charge on any atom is 0.337 e. The molecule has 0 radical (unpaired) electrons. The fourth-order valence-corrected chi connectivity index (χ4v) is 3.70. The van der Waals surface area contributed by atoms with Crippen molar-refractivity contribution in [1.82, 2.24) is 9.62 Å². The average molecular weight is 312 g/mol. The summed E-state index contributed by atoms with van der Waals surface area (Å²) in [7, 11) is -2.52. The second-order valence-electron chi connectivity index (χ2n) is 4.60. The molecule has 2 rings (SSSR count). The van der Waals surface area contributed by atoms with Crippen molar-refractivity contribution in [2.45, 2.75) is 17.9 Å². The fraction of sp³-hybridized carbons (Fsp3) is 0.385. The Balaban J connectivity index is 2.31. The number of carbonyl (C=O) groups is 2. The van der Waals surface area contributed by atoms with Crippen molar-refractivity contribution in [3.05, 3.63) is 29.8 Å². The summed E-state index contributed by atoms with van der Waals surface area (Å²) in [5, 5.41) is 2.61. The maximum absolute atomic E-state index is 12.5. The van der Waals surface area contributed by atoms with Crippen LogP contribution in [0.15, 0.2) is 29.2 Å². The van der Waals surface area contributed by atoms with Crippen molar-refractivity contribution in [2.24, 2.45) is 0 Å². The molecule has 1 fully saturated rings. The highest BCUT2D eigenvalue weighted by molar-refractivity contribution is 7.89. The molecule has 7 nitrogen and oxygen atoms in total. The van der Waals surface area contributed by atoms with Gasteiger partial charge in [0.15, 0.2) is 0 Å². The van der Waals surface area contributed by atoms with Crippen LogP contribution in [0, 0.1) is 0 Å². The molecular weight excluding hydrogens is 296 g/mol. The van der Waals surface area contributed by atoms with Crippen molar-refractivity contribution < 1.29 is 22.7 Å². The summed E-state index contributed by atoms with van der Waals surface area (Å²) in [5.74, 6) is -0.860. The number of esters is 1. The van der Waals surface area contributed by atoms with Crippen molar-refractivity contribution >= 4 is 21.9 Å². The molecule has 0 bridgehead atoms. The van der Waals surface area contributed by atoms with Crippen molar-refractivity contribution in [2.75, 3.05) is 20.2 Å². The lowest BCUT2D eigenvalue weighted by atomic mass is 10.2. The van der Waals surface area contributed by atoms with Crippen LogP contribution in [-0.2, 0) is 19.6 Å². The monoisotopic (exact) mass is 312 g/mol. The zero-order valence-corrected chi connectivity index (χ0v) is 12.5. The van der Waals surface area contributed by atoms with Gasteiger partial charge in [-0.15, -0.1) is 0 Å². The molecule has 0 saturated carbocycles. The molecular formula is C13H16N2O5S. The third kappa shape index (κ3) is 2.91. The van der Waals surface area contributed by atoms with E-state index in [0.717, 1.165) is 4.31 Å². The maximum atomic E-state index is 12.5. The van der Waals surface area contributed by atoms with Gasteiger partial charge in [-0.05, 0) is 31.2 Å². The lowest BCUT2D eigenvalue weighted by molar-refractivity contribution is -0.126. The third-order valence-corrected chi connectivity index (χ3v) is 5.31. The smallest absolute Gasteiger partial charge is 0.337 e. The van der Waals surface area contributed by atoms with E-state index in [1.165, 1.54) is 38.3 Å². The highest BCUT2D eigenvalue weighted by atomic mass is 32.2. The summed E-state index contributed by atoms with van der Waals surface area (Å²) in [6, 6.07) is 4.67. The molecule has 8 heteroatoms. The summed E-state index contributed by atoms with van der Waals surface area (Å²) in [4.78, 5) is 23.0. The van der Waals surface area contributed by atoms with E-state index in [0.29, 0.717) is 0 Å². The predicted octanol–water partition coefficient (Wildman–Crippen LogP) is -0.0178. The number of nitrogens with one attached hydrogen (secondary N) is 1. The number of ether oxygens (including phenoxy) is 1. The Kier molecular flexibility index (Phi) is 4.29. The van der Waals surface area contributed by atoms with Crippen LogP contribution in [0.3, 0.4) is 0 Å². The van der Waals surface area contributed by atoms with Crippen LogP contribution in [0.1, 0.15) is 17.3 Å². The summed E-state index contributed by atoms with van der Waals surface area (Å²) >= 11 is 0. The van der Waals surface area contributed by atoms with Gasteiger partial charge in [-0.2, -0.15) is 4.31 Å². The number of rotatable bonds is 3. The van der Waals surface area contributed by atoms with Crippen LogP contribution in [0.2, 0.25) is 0 Å². The van der Waals surface area contributed by atoms with Crippen LogP contribution in [0.5, 0.6) is 0 Å². The molecule has 114 valence electrons. The number of nitrogens with zero attached hydrogens (tertiary/aromatic N) is 1. The SMILES string of the molecule is COC(=O)c1ccc(S(=O)(=O)N2CCNC(=O)C2C)cc1. The number of hydrogen-bond donors (Lipinski definition) is 1. The first-order valence-electron chi connectivity index (χ1n) is 6.36.